The molecule has 1 aliphatic carbocycles. The Balaban J connectivity index is 1.17. The van der Waals surface area contributed by atoms with E-state index in [9.17, 15) is 0 Å². The lowest BCUT2D eigenvalue weighted by Crippen LogP contribution is -2.42. The zero-order chi connectivity index (χ0) is 24.9. The smallest absolute Gasteiger partial charge is 0.225 e. The monoisotopic (exact) mass is 496 g/mol. The van der Waals surface area contributed by atoms with E-state index in [2.05, 4.69) is 64.5 Å². The predicted octanol–water partition coefficient (Wildman–Crippen LogP) is 6.07. The Bertz CT molecular complexity index is 1330. The van der Waals surface area contributed by atoms with E-state index in [1.165, 1.54) is 5.56 Å². The third kappa shape index (κ3) is 5.57. The number of nitrogens with one attached hydrogen (secondary N) is 3. The molecular weight excluding hydrogens is 464 g/mol. The molecule has 0 bridgehead atoms. The summed E-state index contributed by atoms with van der Waals surface area (Å²) in [7, 11) is 4.04. The fourth-order valence-electron chi connectivity index (χ4n) is 4.84. The van der Waals surface area contributed by atoms with Crippen LogP contribution >= 0.6 is 12.2 Å². The van der Waals surface area contributed by atoms with Crippen LogP contribution in [0.5, 0.6) is 0 Å². The third-order valence-corrected chi connectivity index (χ3v) is 6.88. The molecule has 0 spiro atoms. The minimum Gasteiger partial charge on any atom is -0.362 e. The second-order valence-corrected chi connectivity index (χ2v) is 9.89. The summed E-state index contributed by atoms with van der Waals surface area (Å²) in [4.78, 5) is 11.6. The van der Waals surface area contributed by atoms with Crippen LogP contribution in [0.25, 0.3) is 22.0 Å². The first-order valence-electron chi connectivity index (χ1n) is 12.5. The number of hydrogen-bond acceptors (Lipinski definition) is 5. The van der Waals surface area contributed by atoms with Crippen molar-refractivity contribution < 1.29 is 0 Å². The van der Waals surface area contributed by atoms with Gasteiger partial charge in [0.25, 0.3) is 0 Å². The summed E-state index contributed by atoms with van der Waals surface area (Å²) < 4.78 is 0. The fraction of sp³-hybridized carbons (Fsp3) is 0.276. The number of thiocarbonyl (C=S) groups is 1. The van der Waals surface area contributed by atoms with Gasteiger partial charge in [-0.1, -0.05) is 60.7 Å². The molecule has 1 aromatic heterocycles. The molecule has 0 unspecified atom stereocenters. The number of rotatable bonds is 6. The van der Waals surface area contributed by atoms with Gasteiger partial charge >= 0.3 is 0 Å². The van der Waals surface area contributed by atoms with E-state index < -0.39 is 0 Å². The van der Waals surface area contributed by atoms with Crippen LogP contribution in [0, 0.1) is 0 Å². The van der Waals surface area contributed by atoms with Crippen LogP contribution in [0.15, 0.2) is 78.9 Å². The molecule has 0 amide bonds. The fourth-order valence-corrected chi connectivity index (χ4v) is 5.11. The zero-order valence-corrected chi connectivity index (χ0v) is 21.6. The summed E-state index contributed by atoms with van der Waals surface area (Å²) >= 11 is 5.68. The average Bonchev–Trinajstić information content (AvgIpc) is 2.90. The van der Waals surface area contributed by atoms with E-state index in [1.807, 2.05) is 49.3 Å². The molecule has 0 aliphatic heterocycles. The van der Waals surface area contributed by atoms with E-state index in [-0.39, 0.29) is 0 Å². The molecule has 0 atom stereocenters. The van der Waals surface area contributed by atoms with Crippen LogP contribution in [0.1, 0.15) is 25.7 Å². The Morgan fingerprint density at radius 2 is 1.47 bits per heavy atom. The minimum atomic E-state index is 0.347. The van der Waals surface area contributed by atoms with E-state index in [1.54, 1.807) is 0 Å². The molecule has 3 N–H and O–H groups in total. The Hall–Kier alpha value is -3.71. The second-order valence-electron chi connectivity index (χ2n) is 9.49. The maximum atomic E-state index is 5.68. The molecule has 4 aromatic rings. The zero-order valence-electron chi connectivity index (χ0n) is 20.7. The van der Waals surface area contributed by atoms with Gasteiger partial charge in [0.2, 0.25) is 5.95 Å². The van der Waals surface area contributed by atoms with Crippen LogP contribution in [-0.4, -0.2) is 41.3 Å². The second kappa shape index (κ2) is 10.9. The average molecular weight is 497 g/mol. The first-order valence-corrected chi connectivity index (χ1v) is 12.9. The van der Waals surface area contributed by atoms with E-state index in [4.69, 9.17) is 22.2 Å². The molecule has 1 fully saturated rings. The normalized spacial score (nSPS) is 17.4. The highest BCUT2D eigenvalue weighted by atomic mass is 32.1. The number of nitrogens with zero attached hydrogens (tertiary/aromatic N) is 3. The van der Waals surface area contributed by atoms with Crippen molar-refractivity contribution in [3.63, 3.8) is 0 Å². The first kappa shape index (κ1) is 24.0. The van der Waals surface area contributed by atoms with Crippen LogP contribution in [-0.2, 0) is 0 Å². The molecule has 36 heavy (non-hydrogen) atoms. The molecular formula is C29H32N6S. The van der Waals surface area contributed by atoms with Crippen molar-refractivity contribution in [2.24, 2.45) is 0 Å². The number of aromatic nitrogens is 2. The van der Waals surface area contributed by atoms with Crippen LogP contribution in [0.4, 0.5) is 17.5 Å². The summed E-state index contributed by atoms with van der Waals surface area (Å²) in [6.45, 7) is 0. The Morgan fingerprint density at radius 3 is 2.25 bits per heavy atom. The Labute approximate surface area is 218 Å². The topological polar surface area (TPSA) is 65.1 Å². The van der Waals surface area contributed by atoms with Gasteiger partial charge < -0.3 is 20.9 Å². The van der Waals surface area contributed by atoms with Gasteiger partial charge in [0.1, 0.15) is 5.82 Å². The maximum absolute atomic E-state index is 5.68. The van der Waals surface area contributed by atoms with Crippen LogP contribution in [0.3, 0.4) is 0 Å². The molecule has 184 valence electrons. The first-order chi connectivity index (χ1) is 17.6. The van der Waals surface area contributed by atoms with Gasteiger partial charge in [-0.05, 0) is 61.7 Å². The van der Waals surface area contributed by atoms with E-state index in [0.29, 0.717) is 23.1 Å². The number of para-hydroxylation sites is 2. The van der Waals surface area contributed by atoms with Crippen molar-refractivity contribution in [3.8, 4) is 11.1 Å². The largest absolute Gasteiger partial charge is 0.362 e. The van der Waals surface area contributed by atoms with Crippen LogP contribution < -0.4 is 20.9 Å². The summed E-state index contributed by atoms with van der Waals surface area (Å²) in [5.74, 6) is 1.63. The van der Waals surface area contributed by atoms with Crippen molar-refractivity contribution in [2.75, 3.05) is 29.6 Å². The highest BCUT2D eigenvalue weighted by molar-refractivity contribution is 7.80. The quantitative estimate of drug-likeness (QED) is 0.280. The molecule has 3 aromatic carbocycles. The Kier molecular flexibility index (Phi) is 7.28. The van der Waals surface area contributed by atoms with Gasteiger partial charge in [0.05, 0.1) is 5.52 Å². The van der Waals surface area contributed by atoms with E-state index in [0.717, 1.165) is 53.7 Å². The van der Waals surface area contributed by atoms with Gasteiger partial charge in [0, 0.05) is 42.8 Å². The van der Waals surface area contributed by atoms with Crippen molar-refractivity contribution >= 4 is 45.7 Å². The SMILES string of the molecule is CN(C)c1nc(N[C@H]2CC[C@@H](NC(=S)Nc3ccccc3-c3ccccc3)CC2)nc2ccccc12. The van der Waals surface area contributed by atoms with Gasteiger partial charge in [0.15, 0.2) is 5.11 Å². The highest BCUT2D eigenvalue weighted by Gasteiger charge is 2.23. The summed E-state index contributed by atoms with van der Waals surface area (Å²) in [5, 5.41) is 12.3. The lowest BCUT2D eigenvalue weighted by atomic mass is 9.91. The van der Waals surface area contributed by atoms with E-state index >= 15 is 0 Å². The number of fused-ring (bicyclic) bond motifs is 1. The molecule has 1 aliphatic rings. The summed E-state index contributed by atoms with van der Waals surface area (Å²) in [5.41, 5.74) is 4.29. The van der Waals surface area contributed by atoms with Crippen LogP contribution in [0.2, 0.25) is 0 Å². The number of hydrogen-bond donors (Lipinski definition) is 3. The Morgan fingerprint density at radius 1 is 0.806 bits per heavy atom. The molecule has 5 rings (SSSR count). The summed E-state index contributed by atoms with van der Waals surface area (Å²) in [6, 6.07) is 27.5. The van der Waals surface area contributed by atoms with Crippen molar-refractivity contribution in [2.45, 2.75) is 37.8 Å². The lowest BCUT2D eigenvalue weighted by Gasteiger charge is -2.30. The van der Waals surface area contributed by atoms with Gasteiger partial charge in [-0.15, -0.1) is 0 Å². The molecule has 0 radical (unpaired) electrons. The molecule has 1 saturated carbocycles. The van der Waals surface area contributed by atoms with Gasteiger partial charge in [-0.25, -0.2) is 4.98 Å². The van der Waals surface area contributed by atoms with Gasteiger partial charge in [-0.2, -0.15) is 4.98 Å². The molecule has 1 heterocycles. The summed E-state index contributed by atoms with van der Waals surface area (Å²) in [6.07, 6.45) is 4.14. The molecule has 0 saturated heterocycles. The highest BCUT2D eigenvalue weighted by Crippen LogP contribution is 2.29. The minimum absolute atomic E-state index is 0.347. The lowest BCUT2D eigenvalue weighted by molar-refractivity contribution is 0.387. The third-order valence-electron chi connectivity index (χ3n) is 6.66. The maximum Gasteiger partial charge on any atom is 0.225 e. The standard InChI is InChI=1S/C29H32N6S/c1-35(2)27-24-13-7-9-15-26(24)32-28(34-27)30-21-16-18-22(19-17-21)31-29(36)33-25-14-8-6-12-23(25)20-10-4-3-5-11-20/h3-15,21-22H,16-19H2,1-2H3,(H,30,32,34)(H2,31,33,36)/t21-,22+. The molecule has 7 heteroatoms. The predicted molar refractivity (Wildman–Crippen MR) is 155 cm³/mol. The van der Waals surface area contributed by atoms with Gasteiger partial charge in [-0.3, -0.25) is 0 Å². The molecule has 6 nitrogen and oxygen atoms in total. The van der Waals surface area contributed by atoms with Crippen molar-refractivity contribution in [1.29, 1.82) is 0 Å². The number of benzene rings is 3. The van der Waals surface area contributed by atoms with Crippen molar-refractivity contribution in [1.82, 2.24) is 15.3 Å². The van der Waals surface area contributed by atoms with Crippen molar-refractivity contribution in [3.05, 3.63) is 78.9 Å². The number of anilines is 3.